The summed E-state index contributed by atoms with van der Waals surface area (Å²) in [4.78, 5) is 10.8. The first-order valence-corrected chi connectivity index (χ1v) is 4.45. The monoisotopic (exact) mass is 248 g/mol. The van der Waals surface area contributed by atoms with Crippen molar-refractivity contribution in [1.82, 2.24) is 0 Å². The Morgan fingerprint density at radius 1 is 1.58 bits per heavy atom. The molecule has 0 aromatic heterocycles. The van der Waals surface area contributed by atoms with Gasteiger partial charge < -0.3 is 0 Å². The number of thiol groups is 1. The van der Waals surface area contributed by atoms with Gasteiger partial charge in [0.05, 0.1) is 5.56 Å². The van der Waals surface area contributed by atoms with Crippen LogP contribution in [0.3, 0.4) is 0 Å². The van der Waals surface area contributed by atoms with Gasteiger partial charge in [0, 0.05) is 4.47 Å². The van der Waals surface area contributed by atoms with Gasteiger partial charge in [-0.25, -0.2) is 4.39 Å². The summed E-state index contributed by atoms with van der Waals surface area (Å²) in [5, 5.41) is -0.544. The molecule has 0 heterocycles. The first kappa shape index (κ1) is 9.74. The summed E-state index contributed by atoms with van der Waals surface area (Å²) in [5.41, 5.74) is 0.628. The zero-order valence-electron chi connectivity index (χ0n) is 6.27. The molecule has 1 nitrogen and oxygen atoms in total. The van der Waals surface area contributed by atoms with E-state index in [1.807, 2.05) is 0 Å². The van der Waals surface area contributed by atoms with Crippen LogP contribution in [0.2, 0.25) is 0 Å². The van der Waals surface area contributed by atoms with E-state index < -0.39 is 10.9 Å². The summed E-state index contributed by atoms with van der Waals surface area (Å²) < 4.78 is 13.7. The van der Waals surface area contributed by atoms with Gasteiger partial charge in [0.1, 0.15) is 5.82 Å². The molecule has 0 amide bonds. The quantitative estimate of drug-likeness (QED) is 0.757. The minimum Gasteiger partial charge on any atom is -0.282 e. The van der Waals surface area contributed by atoms with Crippen LogP contribution in [0.1, 0.15) is 15.9 Å². The lowest BCUT2D eigenvalue weighted by molar-refractivity contribution is 0.108. The third-order valence-electron chi connectivity index (χ3n) is 1.47. The minimum atomic E-state index is -0.544. The van der Waals surface area contributed by atoms with Crippen LogP contribution in [0.4, 0.5) is 4.39 Å². The maximum absolute atomic E-state index is 13.1. The maximum Gasteiger partial charge on any atom is 0.219 e. The van der Waals surface area contributed by atoms with Crippen LogP contribution in [0.5, 0.6) is 0 Å². The van der Waals surface area contributed by atoms with Crippen molar-refractivity contribution < 1.29 is 9.18 Å². The molecule has 0 unspecified atom stereocenters. The third kappa shape index (κ3) is 1.87. The summed E-state index contributed by atoms with van der Waals surface area (Å²) >= 11 is 6.69. The largest absolute Gasteiger partial charge is 0.282 e. The van der Waals surface area contributed by atoms with Gasteiger partial charge in [-0.3, -0.25) is 4.79 Å². The Balaban J connectivity index is 3.38. The highest BCUT2D eigenvalue weighted by atomic mass is 79.9. The smallest absolute Gasteiger partial charge is 0.219 e. The maximum atomic E-state index is 13.1. The van der Waals surface area contributed by atoms with Gasteiger partial charge in [-0.1, -0.05) is 15.9 Å². The Morgan fingerprint density at radius 3 is 2.58 bits per heavy atom. The van der Waals surface area contributed by atoms with Crippen LogP contribution in [0, 0.1) is 12.7 Å². The SMILES string of the molecule is Cc1cc(Br)cc(F)c1C(=O)S. The molecule has 64 valence electrons. The van der Waals surface area contributed by atoms with E-state index in [2.05, 4.69) is 28.6 Å². The van der Waals surface area contributed by atoms with E-state index in [0.29, 0.717) is 10.0 Å². The number of hydrogen-bond donors (Lipinski definition) is 1. The van der Waals surface area contributed by atoms with Crippen molar-refractivity contribution in [1.29, 1.82) is 0 Å². The van der Waals surface area contributed by atoms with Gasteiger partial charge in [0.25, 0.3) is 0 Å². The fourth-order valence-corrected chi connectivity index (χ4v) is 1.80. The number of benzene rings is 1. The highest BCUT2D eigenvalue weighted by molar-refractivity contribution is 9.10. The molecule has 0 fully saturated rings. The Kier molecular flexibility index (Phi) is 2.90. The second-order valence-electron chi connectivity index (χ2n) is 2.38. The molecule has 0 aliphatic carbocycles. The number of carbonyl (C=O) groups is 1. The van der Waals surface area contributed by atoms with Gasteiger partial charge in [-0.2, -0.15) is 0 Å². The zero-order chi connectivity index (χ0) is 9.30. The molecule has 12 heavy (non-hydrogen) atoms. The molecule has 0 spiro atoms. The average molecular weight is 249 g/mol. The first-order chi connectivity index (χ1) is 5.52. The molecule has 0 saturated heterocycles. The number of hydrogen-bond acceptors (Lipinski definition) is 1. The highest BCUT2D eigenvalue weighted by Crippen LogP contribution is 2.20. The number of rotatable bonds is 1. The molecule has 0 bridgehead atoms. The molecule has 0 aliphatic rings. The van der Waals surface area contributed by atoms with Crippen LogP contribution in [0.25, 0.3) is 0 Å². The summed E-state index contributed by atoms with van der Waals surface area (Å²) in [5.74, 6) is -0.540. The lowest BCUT2D eigenvalue weighted by Gasteiger charge is -2.02. The van der Waals surface area contributed by atoms with E-state index in [0.717, 1.165) is 0 Å². The molecule has 0 saturated carbocycles. The highest BCUT2D eigenvalue weighted by Gasteiger charge is 2.11. The van der Waals surface area contributed by atoms with Gasteiger partial charge in [-0.05, 0) is 24.6 Å². The molecule has 0 radical (unpaired) electrons. The Bertz CT molecular complexity index is 315. The van der Waals surface area contributed by atoms with Crippen molar-refractivity contribution in [3.8, 4) is 0 Å². The topological polar surface area (TPSA) is 17.1 Å². The molecule has 1 rings (SSSR count). The lowest BCUT2D eigenvalue weighted by Crippen LogP contribution is -1.98. The van der Waals surface area contributed by atoms with E-state index in [-0.39, 0.29) is 5.56 Å². The first-order valence-electron chi connectivity index (χ1n) is 3.21. The van der Waals surface area contributed by atoms with E-state index in [4.69, 9.17) is 0 Å². The van der Waals surface area contributed by atoms with E-state index in [1.165, 1.54) is 6.07 Å². The lowest BCUT2D eigenvalue weighted by atomic mass is 10.1. The van der Waals surface area contributed by atoms with E-state index in [1.54, 1.807) is 13.0 Å². The predicted molar refractivity (Wildman–Crippen MR) is 52.2 cm³/mol. The van der Waals surface area contributed by atoms with Gasteiger partial charge in [-0.15, -0.1) is 12.6 Å². The Labute approximate surface area is 83.5 Å². The van der Waals surface area contributed by atoms with Crippen LogP contribution in [-0.2, 0) is 0 Å². The number of aryl methyl sites for hydroxylation is 1. The number of carbonyl (C=O) groups excluding carboxylic acids is 1. The van der Waals surface area contributed by atoms with E-state index in [9.17, 15) is 9.18 Å². The zero-order valence-corrected chi connectivity index (χ0v) is 8.75. The predicted octanol–water partition coefficient (Wildman–Crippen LogP) is 2.97. The second-order valence-corrected chi connectivity index (χ2v) is 3.71. The Hall–Kier alpha value is -0.350. The fourth-order valence-electron chi connectivity index (χ4n) is 0.973. The van der Waals surface area contributed by atoms with Crippen molar-refractivity contribution in [2.45, 2.75) is 6.92 Å². The Morgan fingerprint density at radius 2 is 2.17 bits per heavy atom. The van der Waals surface area contributed by atoms with Crippen molar-refractivity contribution in [3.05, 3.63) is 33.5 Å². The van der Waals surface area contributed by atoms with Crippen molar-refractivity contribution in [2.24, 2.45) is 0 Å². The van der Waals surface area contributed by atoms with Crippen molar-refractivity contribution in [2.75, 3.05) is 0 Å². The third-order valence-corrected chi connectivity index (χ3v) is 2.15. The summed E-state index contributed by atoms with van der Waals surface area (Å²) in [7, 11) is 0. The normalized spacial score (nSPS) is 10.0. The number of halogens is 2. The van der Waals surface area contributed by atoms with Gasteiger partial charge >= 0.3 is 0 Å². The van der Waals surface area contributed by atoms with Crippen molar-refractivity contribution >= 4 is 33.7 Å². The molecule has 1 aromatic carbocycles. The molecular weight excluding hydrogens is 243 g/mol. The standard InChI is InChI=1S/C8H6BrFOS/c1-4-2-5(9)3-6(10)7(4)8(11)12/h2-3H,1H3,(H,11,12). The molecule has 4 heteroatoms. The minimum absolute atomic E-state index is 0.0431. The molecule has 0 N–H and O–H groups in total. The molecular formula is C8H6BrFOS. The summed E-state index contributed by atoms with van der Waals surface area (Å²) in [6, 6.07) is 2.92. The summed E-state index contributed by atoms with van der Waals surface area (Å²) in [6.45, 7) is 1.66. The van der Waals surface area contributed by atoms with E-state index >= 15 is 0 Å². The van der Waals surface area contributed by atoms with Crippen LogP contribution < -0.4 is 0 Å². The fraction of sp³-hybridized carbons (Fsp3) is 0.125. The average Bonchev–Trinajstić information content (AvgIpc) is 1.82. The second kappa shape index (κ2) is 3.58. The molecule has 0 aliphatic heterocycles. The molecule has 0 atom stereocenters. The van der Waals surface area contributed by atoms with Crippen LogP contribution in [0.15, 0.2) is 16.6 Å². The summed E-state index contributed by atoms with van der Waals surface area (Å²) in [6.07, 6.45) is 0. The molecule has 1 aromatic rings. The van der Waals surface area contributed by atoms with Gasteiger partial charge in [0.2, 0.25) is 5.12 Å². The van der Waals surface area contributed by atoms with Crippen LogP contribution >= 0.6 is 28.6 Å². The van der Waals surface area contributed by atoms with Crippen molar-refractivity contribution in [3.63, 3.8) is 0 Å². The van der Waals surface area contributed by atoms with Crippen LogP contribution in [-0.4, -0.2) is 5.12 Å². The van der Waals surface area contributed by atoms with Gasteiger partial charge in [0.15, 0.2) is 0 Å².